The highest BCUT2D eigenvalue weighted by molar-refractivity contribution is 5.85. The molecular weight excluding hydrogens is 392 g/mol. The largest absolute Gasteiger partial charge is 0.399 e. The minimum absolute atomic E-state index is 0.315. The van der Waals surface area contributed by atoms with E-state index in [9.17, 15) is 4.79 Å². The van der Waals surface area contributed by atoms with E-state index < -0.39 is 0 Å². The van der Waals surface area contributed by atoms with Crippen LogP contribution in [0.2, 0.25) is 0 Å². The topological polar surface area (TPSA) is 117 Å². The molecule has 3 N–H and O–H groups in total. The van der Waals surface area contributed by atoms with Crippen LogP contribution in [0.15, 0.2) is 66.0 Å². The molecule has 0 saturated carbocycles. The fraction of sp³-hybridized carbons (Fsp3) is 0.136. The van der Waals surface area contributed by atoms with Gasteiger partial charge < -0.3 is 15.6 Å². The van der Waals surface area contributed by atoms with Crippen molar-refractivity contribution in [1.82, 2.24) is 29.1 Å². The number of para-hydroxylation sites is 1. The average molecular weight is 412 g/mol. The molecule has 0 saturated heterocycles. The van der Waals surface area contributed by atoms with E-state index in [4.69, 9.17) is 5.73 Å². The Morgan fingerprint density at radius 2 is 1.90 bits per heavy atom. The van der Waals surface area contributed by atoms with Crippen LogP contribution < -0.4 is 16.7 Å². The van der Waals surface area contributed by atoms with Gasteiger partial charge in [-0.15, -0.1) is 0 Å². The zero-order chi connectivity index (χ0) is 21.4. The van der Waals surface area contributed by atoms with Gasteiger partial charge in [-0.05, 0) is 29.3 Å². The number of nitrogens with two attached hydrogens (primary N) is 1. The van der Waals surface area contributed by atoms with Crippen molar-refractivity contribution in [2.24, 2.45) is 0 Å². The van der Waals surface area contributed by atoms with E-state index in [1.54, 1.807) is 12.4 Å². The Bertz CT molecular complexity index is 1420. The molecule has 3 aromatic rings. The van der Waals surface area contributed by atoms with Gasteiger partial charge in [0.25, 0.3) is 0 Å². The Morgan fingerprint density at radius 1 is 1.03 bits per heavy atom. The van der Waals surface area contributed by atoms with Crippen molar-refractivity contribution in [3.05, 3.63) is 82.8 Å². The zero-order valence-corrected chi connectivity index (χ0v) is 16.9. The predicted octanol–water partition coefficient (Wildman–Crippen LogP) is 2.21. The second-order valence-electron chi connectivity index (χ2n) is 7.22. The third kappa shape index (κ3) is 3.35. The number of nitrogens with zero attached hydrogens (tertiary/aromatic N) is 6. The number of rotatable bonds is 5. The molecule has 0 radical (unpaired) electrons. The standard InChI is InChI=1S/C22H20N8O/c1-24-17-8-3-2-6-15(17)11-29-13-27-18-19-21(26-12-25-20(18)29)30(22(31)28-19)10-14-5-4-7-16(23)9-14/h2-9,12-13,24H,10-11,23H2,1H3. The Morgan fingerprint density at radius 3 is 2.74 bits per heavy atom. The Kier molecular flexibility index (Phi) is 4.55. The third-order valence-electron chi connectivity index (χ3n) is 5.22. The van der Waals surface area contributed by atoms with Gasteiger partial charge in [-0.3, -0.25) is 4.57 Å². The van der Waals surface area contributed by atoms with E-state index in [1.807, 2.05) is 54.1 Å². The van der Waals surface area contributed by atoms with Crippen molar-refractivity contribution < 1.29 is 0 Å². The average Bonchev–Trinajstić information content (AvgIpc) is 3.23. The van der Waals surface area contributed by atoms with Gasteiger partial charge >= 0.3 is 5.69 Å². The number of anilines is 2. The second kappa shape index (κ2) is 7.52. The fourth-order valence-corrected chi connectivity index (χ4v) is 3.75. The number of nitrogen functional groups attached to an aromatic ring is 1. The van der Waals surface area contributed by atoms with Crippen LogP contribution in [-0.2, 0) is 13.1 Å². The first-order valence-electron chi connectivity index (χ1n) is 9.80. The second-order valence-corrected chi connectivity index (χ2v) is 7.22. The third-order valence-corrected chi connectivity index (χ3v) is 5.22. The lowest BCUT2D eigenvalue weighted by Gasteiger charge is -2.09. The highest BCUT2D eigenvalue weighted by atomic mass is 16.1. The number of hydrogen-bond donors (Lipinski definition) is 2. The molecule has 1 aromatic heterocycles. The first-order valence-corrected chi connectivity index (χ1v) is 9.80. The lowest BCUT2D eigenvalue weighted by molar-refractivity contribution is 0.758. The summed E-state index contributed by atoms with van der Waals surface area (Å²) in [5, 5.41) is 3.20. The molecule has 2 aliphatic heterocycles. The molecule has 0 fully saturated rings. The van der Waals surface area contributed by atoms with Crippen LogP contribution in [0.5, 0.6) is 0 Å². The molecule has 9 heteroatoms. The highest BCUT2D eigenvalue weighted by Crippen LogP contribution is 2.25. The van der Waals surface area contributed by atoms with Crippen molar-refractivity contribution in [3.63, 3.8) is 0 Å². The normalized spacial score (nSPS) is 11.3. The van der Waals surface area contributed by atoms with Crippen LogP contribution in [0, 0.1) is 0 Å². The molecule has 0 atom stereocenters. The zero-order valence-electron chi connectivity index (χ0n) is 16.9. The van der Waals surface area contributed by atoms with Gasteiger partial charge in [-0.2, -0.15) is 4.98 Å². The summed E-state index contributed by atoms with van der Waals surface area (Å²) in [5.74, 6) is 0.441. The van der Waals surface area contributed by atoms with Crippen LogP contribution in [-0.4, -0.2) is 36.1 Å². The van der Waals surface area contributed by atoms with Crippen LogP contribution in [0.4, 0.5) is 11.4 Å². The number of imidazole rings is 2. The number of aromatic nitrogens is 6. The first-order chi connectivity index (χ1) is 15.1. The summed E-state index contributed by atoms with van der Waals surface area (Å²) >= 11 is 0. The van der Waals surface area contributed by atoms with Crippen LogP contribution in [0.3, 0.4) is 0 Å². The van der Waals surface area contributed by atoms with E-state index in [2.05, 4.69) is 25.3 Å². The van der Waals surface area contributed by atoms with Crippen LogP contribution in [0.1, 0.15) is 11.1 Å². The van der Waals surface area contributed by atoms with E-state index in [0.29, 0.717) is 41.5 Å². The summed E-state index contributed by atoms with van der Waals surface area (Å²) in [6.07, 6.45) is 3.16. The first kappa shape index (κ1) is 18.7. The molecule has 0 aliphatic carbocycles. The predicted molar refractivity (Wildman–Crippen MR) is 119 cm³/mol. The van der Waals surface area contributed by atoms with Gasteiger partial charge in [0.05, 0.1) is 19.4 Å². The SMILES string of the molecule is CNc1ccccc1Cn1cnc2c3nc(=O)n(Cc4cccc(N)c4)c-3ncnc21. The van der Waals surface area contributed by atoms with Crippen molar-refractivity contribution >= 4 is 22.5 Å². The molecule has 9 nitrogen and oxygen atoms in total. The lowest BCUT2D eigenvalue weighted by atomic mass is 10.2. The maximum Gasteiger partial charge on any atom is 0.350 e. The van der Waals surface area contributed by atoms with Crippen molar-refractivity contribution in [3.8, 4) is 11.5 Å². The molecule has 0 bridgehead atoms. The van der Waals surface area contributed by atoms with Crippen molar-refractivity contribution in [1.29, 1.82) is 0 Å². The molecule has 0 amide bonds. The molecule has 0 unspecified atom stereocenters. The molecule has 0 spiro atoms. The monoisotopic (exact) mass is 412 g/mol. The van der Waals surface area contributed by atoms with Gasteiger partial charge in [0.1, 0.15) is 17.5 Å². The summed E-state index contributed by atoms with van der Waals surface area (Å²) in [6.45, 7) is 0.884. The lowest BCUT2D eigenvalue weighted by Crippen LogP contribution is -2.17. The minimum atomic E-state index is -0.382. The van der Waals surface area contributed by atoms with Gasteiger partial charge in [0.2, 0.25) is 0 Å². The van der Waals surface area contributed by atoms with Crippen LogP contribution in [0.25, 0.3) is 22.7 Å². The van der Waals surface area contributed by atoms with Crippen LogP contribution >= 0.6 is 0 Å². The van der Waals surface area contributed by atoms with Gasteiger partial charge in [0, 0.05) is 18.4 Å². The van der Waals surface area contributed by atoms with Crippen molar-refractivity contribution in [2.75, 3.05) is 18.1 Å². The molecule has 5 rings (SSSR count). The highest BCUT2D eigenvalue weighted by Gasteiger charge is 2.21. The van der Waals surface area contributed by atoms with E-state index in [0.717, 1.165) is 16.8 Å². The number of fused-ring (bicyclic) bond motifs is 3. The van der Waals surface area contributed by atoms with Gasteiger partial charge in [-0.1, -0.05) is 30.3 Å². The Balaban J connectivity index is 1.58. The number of nitrogens with one attached hydrogen (secondary N) is 1. The fourth-order valence-electron chi connectivity index (χ4n) is 3.75. The van der Waals surface area contributed by atoms with E-state index in [-0.39, 0.29) is 5.69 Å². The summed E-state index contributed by atoms with van der Waals surface area (Å²) in [6, 6.07) is 15.4. The number of benzene rings is 2. The Hall–Kier alpha value is -4.27. The van der Waals surface area contributed by atoms with Gasteiger partial charge in [0.15, 0.2) is 11.5 Å². The summed E-state index contributed by atoms with van der Waals surface area (Å²) in [7, 11) is 1.89. The maximum atomic E-state index is 12.7. The molecule has 154 valence electrons. The molecule has 3 heterocycles. The van der Waals surface area contributed by atoms with E-state index in [1.165, 1.54) is 10.9 Å². The number of hydrogen-bond acceptors (Lipinski definition) is 7. The molecule has 2 aromatic carbocycles. The minimum Gasteiger partial charge on any atom is -0.399 e. The molecule has 2 aliphatic rings. The maximum absolute atomic E-state index is 12.7. The van der Waals surface area contributed by atoms with Crippen molar-refractivity contribution in [2.45, 2.75) is 13.1 Å². The summed E-state index contributed by atoms with van der Waals surface area (Å²) in [5.41, 5.74) is 10.7. The summed E-state index contributed by atoms with van der Waals surface area (Å²) in [4.78, 5) is 30.3. The Labute approximate surface area is 177 Å². The summed E-state index contributed by atoms with van der Waals surface area (Å²) < 4.78 is 3.44. The quantitative estimate of drug-likeness (QED) is 0.425. The molecular formula is C22H20N8O. The smallest absolute Gasteiger partial charge is 0.350 e. The molecule has 31 heavy (non-hydrogen) atoms. The van der Waals surface area contributed by atoms with Gasteiger partial charge in [-0.25, -0.2) is 19.7 Å². The van der Waals surface area contributed by atoms with E-state index >= 15 is 0 Å².